The molecule has 1 saturated carbocycles. The van der Waals surface area contributed by atoms with Gasteiger partial charge in [-0.2, -0.15) is 0 Å². The first-order chi connectivity index (χ1) is 10.1. The van der Waals surface area contributed by atoms with Crippen LogP contribution in [0.5, 0.6) is 0 Å². The number of rotatable bonds is 6. The summed E-state index contributed by atoms with van der Waals surface area (Å²) in [6.45, 7) is 0. The number of carbonyl (C=O) groups excluding carboxylic acids is 1. The third-order valence-corrected chi connectivity index (χ3v) is 4.69. The number of amides is 1. The van der Waals surface area contributed by atoms with E-state index in [-0.39, 0.29) is 23.4 Å². The number of aromatic carboxylic acids is 1. The fourth-order valence-corrected chi connectivity index (χ4v) is 3.90. The minimum absolute atomic E-state index is 0.0309. The highest BCUT2D eigenvalue weighted by Gasteiger charge is 2.46. The molecule has 120 valence electrons. The van der Waals surface area contributed by atoms with E-state index >= 15 is 0 Å². The van der Waals surface area contributed by atoms with Crippen molar-refractivity contribution in [3.8, 4) is 0 Å². The van der Waals surface area contributed by atoms with Crippen molar-refractivity contribution >= 4 is 27.4 Å². The molecule has 0 bridgehead atoms. The molecule has 1 aromatic carbocycles. The van der Waals surface area contributed by atoms with Gasteiger partial charge < -0.3 is 10.4 Å². The maximum absolute atomic E-state index is 13.6. The normalized spacial score (nSPS) is 16.1. The smallest absolute Gasteiger partial charge is 0.335 e. The van der Waals surface area contributed by atoms with Gasteiger partial charge in [0.05, 0.1) is 17.0 Å². The summed E-state index contributed by atoms with van der Waals surface area (Å²) in [6, 6.07) is 3.09. The van der Waals surface area contributed by atoms with Crippen LogP contribution >= 0.6 is 0 Å². The maximum atomic E-state index is 13.6. The van der Waals surface area contributed by atoms with E-state index in [0.717, 1.165) is 24.5 Å². The molecule has 0 spiro atoms. The lowest BCUT2D eigenvalue weighted by molar-refractivity contribution is -0.117. The molecular weight excluding hydrogens is 313 g/mol. The Morgan fingerprint density at radius 1 is 1.36 bits per heavy atom. The van der Waals surface area contributed by atoms with Crippen molar-refractivity contribution in [3.05, 3.63) is 29.6 Å². The lowest BCUT2D eigenvalue weighted by Crippen LogP contribution is -2.23. The molecule has 1 aromatic rings. The number of hydrogen-bond donors (Lipinski definition) is 2. The molecule has 0 aliphatic heterocycles. The number of sulfone groups is 1. The summed E-state index contributed by atoms with van der Waals surface area (Å²) >= 11 is 0. The molecule has 1 aliphatic rings. The molecule has 1 fully saturated rings. The molecule has 6 nitrogen and oxygen atoms in total. The molecule has 2 rings (SSSR count). The molecule has 22 heavy (non-hydrogen) atoms. The number of hydrogen-bond acceptors (Lipinski definition) is 4. The third kappa shape index (κ3) is 4.27. The van der Waals surface area contributed by atoms with E-state index < -0.39 is 32.9 Å². The van der Waals surface area contributed by atoms with Crippen molar-refractivity contribution in [2.75, 3.05) is 17.3 Å². The van der Waals surface area contributed by atoms with Crippen LogP contribution in [0.1, 0.15) is 29.6 Å². The quantitative estimate of drug-likeness (QED) is 0.827. The maximum Gasteiger partial charge on any atom is 0.335 e. The Morgan fingerprint density at radius 3 is 2.50 bits per heavy atom. The number of halogens is 1. The van der Waals surface area contributed by atoms with Crippen LogP contribution in [0.4, 0.5) is 10.1 Å². The minimum atomic E-state index is -3.20. The van der Waals surface area contributed by atoms with Crippen molar-refractivity contribution < 1.29 is 27.5 Å². The predicted octanol–water partition coefficient (Wildman–Crippen LogP) is 1.68. The molecule has 0 saturated heterocycles. The van der Waals surface area contributed by atoms with Gasteiger partial charge in [0.1, 0.15) is 15.7 Å². The zero-order valence-corrected chi connectivity index (χ0v) is 12.7. The summed E-state index contributed by atoms with van der Waals surface area (Å²) < 4.78 is 36.3. The molecule has 0 radical (unpaired) electrons. The van der Waals surface area contributed by atoms with Gasteiger partial charge in [0.2, 0.25) is 5.91 Å². The van der Waals surface area contributed by atoms with Gasteiger partial charge in [-0.3, -0.25) is 4.79 Å². The molecule has 0 unspecified atom stereocenters. The first-order valence-corrected chi connectivity index (χ1v) is 8.67. The van der Waals surface area contributed by atoms with Crippen LogP contribution < -0.4 is 5.32 Å². The van der Waals surface area contributed by atoms with E-state index in [0.29, 0.717) is 12.8 Å². The number of carboxylic acids is 1. The lowest BCUT2D eigenvalue weighted by atomic mass is 10.0. The molecular formula is C14H16FNO5S. The van der Waals surface area contributed by atoms with Crippen molar-refractivity contribution in [2.24, 2.45) is 5.41 Å². The van der Waals surface area contributed by atoms with Gasteiger partial charge in [0.25, 0.3) is 0 Å². The SMILES string of the molecule is CS(=O)(=O)CC1(CC(=O)Nc2cc(C(=O)O)ccc2F)CC1. The fraction of sp³-hybridized carbons (Fsp3) is 0.429. The van der Waals surface area contributed by atoms with Crippen molar-refractivity contribution in [3.63, 3.8) is 0 Å². The van der Waals surface area contributed by atoms with Crippen LogP contribution in [-0.2, 0) is 14.6 Å². The minimum Gasteiger partial charge on any atom is -0.478 e. The van der Waals surface area contributed by atoms with Crippen LogP contribution in [-0.4, -0.2) is 37.4 Å². The number of carboxylic acid groups (broad SMARTS) is 1. The van der Waals surface area contributed by atoms with Crippen LogP contribution in [0, 0.1) is 11.2 Å². The molecule has 0 atom stereocenters. The van der Waals surface area contributed by atoms with E-state index in [1.54, 1.807) is 0 Å². The highest BCUT2D eigenvalue weighted by atomic mass is 32.2. The summed E-state index contributed by atoms with van der Waals surface area (Å²) in [4.78, 5) is 22.8. The summed E-state index contributed by atoms with van der Waals surface area (Å²) in [6.07, 6.45) is 2.34. The van der Waals surface area contributed by atoms with Gasteiger partial charge in [0.15, 0.2) is 0 Å². The van der Waals surface area contributed by atoms with Crippen LogP contribution in [0.2, 0.25) is 0 Å². The average molecular weight is 329 g/mol. The Bertz CT molecular complexity index is 725. The topological polar surface area (TPSA) is 101 Å². The number of nitrogens with one attached hydrogen (secondary N) is 1. The van der Waals surface area contributed by atoms with Crippen molar-refractivity contribution in [2.45, 2.75) is 19.3 Å². The molecule has 8 heteroatoms. The number of benzene rings is 1. The zero-order valence-electron chi connectivity index (χ0n) is 11.9. The highest BCUT2D eigenvalue weighted by molar-refractivity contribution is 7.90. The second kappa shape index (κ2) is 5.68. The Balaban J connectivity index is 2.07. The van der Waals surface area contributed by atoms with Gasteiger partial charge in [-0.15, -0.1) is 0 Å². The van der Waals surface area contributed by atoms with Crippen molar-refractivity contribution in [1.82, 2.24) is 0 Å². The largest absolute Gasteiger partial charge is 0.478 e. The lowest BCUT2D eigenvalue weighted by Gasteiger charge is -2.14. The summed E-state index contributed by atoms with van der Waals surface area (Å²) in [5.74, 6) is -2.58. The van der Waals surface area contributed by atoms with Gasteiger partial charge in [-0.25, -0.2) is 17.6 Å². The average Bonchev–Trinajstić information content (AvgIpc) is 3.08. The first kappa shape index (κ1) is 16.4. The fourth-order valence-electron chi connectivity index (χ4n) is 2.39. The second-order valence-electron chi connectivity index (χ2n) is 5.79. The van der Waals surface area contributed by atoms with E-state index in [1.807, 2.05) is 0 Å². The Labute approximate surface area is 127 Å². The Hall–Kier alpha value is -1.96. The Morgan fingerprint density at radius 2 is 2.00 bits per heavy atom. The van der Waals surface area contributed by atoms with E-state index in [4.69, 9.17) is 5.11 Å². The summed E-state index contributed by atoms with van der Waals surface area (Å²) in [5.41, 5.74) is -0.938. The van der Waals surface area contributed by atoms with Crippen LogP contribution in [0.25, 0.3) is 0 Å². The third-order valence-electron chi connectivity index (χ3n) is 3.55. The van der Waals surface area contributed by atoms with E-state index in [2.05, 4.69) is 5.32 Å². The first-order valence-electron chi connectivity index (χ1n) is 6.61. The molecule has 2 N–H and O–H groups in total. The van der Waals surface area contributed by atoms with E-state index in [1.165, 1.54) is 0 Å². The molecule has 1 aliphatic carbocycles. The van der Waals surface area contributed by atoms with E-state index in [9.17, 15) is 22.4 Å². The van der Waals surface area contributed by atoms with Gasteiger partial charge >= 0.3 is 5.97 Å². The molecule has 0 aromatic heterocycles. The second-order valence-corrected chi connectivity index (χ2v) is 7.94. The number of anilines is 1. The predicted molar refractivity (Wildman–Crippen MR) is 78.0 cm³/mol. The Kier molecular flexibility index (Phi) is 4.23. The van der Waals surface area contributed by atoms with Gasteiger partial charge in [-0.05, 0) is 36.5 Å². The summed E-state index contributed by atoms with van der Waals surface area (Å²) in [5, 5.41) is 11.2. The zero-order chi connectivity index (χ0) is 16.5. The summed E-state index contributed by atoms with van der Waals surface area (Å²) in [7, 11) is -3.20. The van der Waals surface area contributed by atoms with Gasteiger partial charge in [0, 0.05) is 12.7 Å². The molecule has 1 amide bonds. The number of carbonyl (C=O) groups is 2. The van der Waals surface area contributed by atoms with Gasteiger partial charge in [-0.1, -0.05) is 0 Å². The van der Waals surface area contributed by atoms with Crippen molar-refractivity contribution in [1.29, 1.82) is 0 Å². The van der Waals surface area contributed by atoms with Crippen LogP contribution in [0.15, 0.2) is 18.2 Å². The highest BCUT2D eigenvalue weighted by Crippen LogP contribution is 2.49. The van der Waals surface area contributed by atoms with Crippen LogP contribution in [0.3, 0.4) is 0 Å². The standard InChI is InChI=1S/C14H16FNO5S/c1-22(20,21)8-14(4-5-14)7-12(17)16-11-6-9(13(18)19)2-3-10(11)15/h2-3,6H,4-5,7-8H2,1H3,(H,16,17)(H,18,19). The monoisotopic (exact) mass is 329 g/mol. The molecule has 0 heterocycles.